The molecular weight excluding hydrogens is 442 g/mol. The zero-order valence-electron chi connectivity index (χ0n) is 20.7. The van der Waals surface area contributed by atoms with E-state index in [-0.39, 0.29) is 18.4 Å². The van der Waals surface area contributed by atoms with Gasteiger partial charge in [0.1, 0.15) is 6.04 Å². The molecule has 2 aliphatic heterocycles. The van der Waals surface area contributed by atoms with Crippen LogP contribution >= 0.6 is 0 Å². The second-order valence-electron chi connectivity index (χ2n) is 9.42. The number of rotatable bonds is 8. The Balaban J connectivity index is 1.59. The largest absolute Gasteiger partial charge is 0.493 e. The van der Waals surface area contributed by atoms with Crippen molar-refractivity contribution in [2.45, 2.75) is 51.1 Å². The summed E-state index contributed by atoms with van der Waals surface area (Å²) in [4.78, 5) is 34.5. The zero-order valence-corrected chi connectivity index (χ0v) is 20.7. The van der Waals surface area contributed by atoms with Crippen molar-refractivity contribution in [1.82, 2.24) is 14.8 Å². The highest BCUT2D eigenvalue weighted by Gasteiger charge is 2.48. The van der Waals surface area contributed by atoms with E-state index in [1.807, 2.05) is 36.4 Å². The molecule has 0 aliphatic carbocycles. The summed E-state index contributed by atoms with van der Waals surface area (Å²) >= 11 is 0. The Labute approximate surface area is 206 Å². The maximum absolute atomic E-state index is 13.7. The summed E-state index contributed by atoms with van der Waals surface area (Å²) in [6, 6.07) is 12.9. The number of benzene rings is 2. The van der Waals surface area contributed by atoms with Crippen LogP contribution in [0.2, 0.25) is 0 Å². The molecule has 1 aromatic heterocycles. The van der Waals surface area contributed by atoms with Crippen LogP contribution in [-0.2, 0) is 16.0 Å². The molecule has 3 aromatic rings. The van der Waals surface area contributed by atoms with Crippen molar-refractivity contribution in [3.05, 3.63) is 59.3 Å². The summed E-state index contributed by atoms with van der Waals surface area (Å²) in [6.45, 7) is 2.93. The molecule has 7 nitrogen and oxygen atoms in total. The van der Waals surface area contributed by atoms with Crippen LogP contribution in [0.1, 0.15) is 55.5 Å². The Bertz CT molecular complexity index is 1250. The van der Waals surface area contributed by atoms with Crippen molar-refractivity contribution < 1.29 is 19.1 Å². The Morgan fingerprint density at radius 2 is 1.80 bits per heavy atom. The number of methoxy groups -OCH3 is 2. The van der Waals surface area contributed by atoms with Gasteiger partial charge in [0.05, 0.1) is 26.8 Å². The molecule has 3 heterocycles. The fourth-order valence-corrected chi connectivity index (χ4v) is 5.61. The molecule has 0 radical (unpaired) electrons. The number of para-hydroxylation sites is 1. The number of hydrogen-bond acceptors (Lipinski definition) is 4. The minimum absolute atomic E-state index is 0.0193. The molecule has 0 bridgehead atoms. The van der Waals surface area contributed by atoms with E-state index in [1.165, 1.54) is 0 Å². The minimum Gasteiger partial charge on any atom is -0.493 e. The predicted octanol–water partition coefficient (Wildman–Crippen LogP) is 4.45. The first kappa shape index (κ1) is 23.3. The Morgan fingerprint density at radius 1 is 1.00 bits per heavy atom. The Hall–Kier alpha value is -3.48. The smallest absolute Gasteiger partial charge is 0.246 e. The van der Waals surface area contributed by atoms with E-state index < -0.39 is 12.1 Å². The summed E-state index contributed by atoms with van der Waals surface area (Å²) in [6.07, 6.45) is 4.80. The summed E-state index contributed by atoms with van der Waals surface area (Å²) < 4.78 is 11.0. The lowest BCUT2D eigenvalue weighted by Crippen LogP contribution is -2.63. The summed E-state index contributed by atoms with van der Waals surface area (Å²) in [5.41, 5.74) is 3.97. The van der Waals surface area contributed by atoms with Crippen molar-refractivity contribution in [2.75, 3.05) is 27.3 Å². The lowest BCUT2D eigenvalue weighted by molar-refractivity contribution is -0.158. The van der Waals surface area contributed by atoms with Crippen molar-refractivity contribution in [3.8, 4) is 11.5 Å². The number of hydrogen-bond donors (Lipinski definition) is 1. The van der Waals surface area contributed by atoms with Crippen molar-refractivity contribution >= 4 is 22.7 Å². The quantitative estimate of drug-likeness (QED) is 0.489. The van der Waals surface area contributed by atoms with Gasteiger partial charge in [-0.15, -0.1) is 0 Å². The molecule has 5 rings (SSSR count). The normalized spacial score (nSPS) is 19.6. The first-order valence-corrected chi connectivity index (χ1v) is 12.5. The molecule has 35 heavy (non-hydrogen) atoms. The number of fused-ring (bicyclic) bond motifs is 4. The number of carbonyl (C=O) groups is 2. The first-order valence-electron chi connectivity index (χ1n) is 12.5. The van der Waals surface area contributed by atoms with Gasteiger partial charge in [0.25, 0.3) is 0 Å². The fraction of sp³-hybridized carbons (Fsp3) is 0.429. The van der Waals surface area contributed by atoms with E-state index in [1.54, 1.807) is 24.0 Å². The van der Waals surface area contributed by atoms with Crippen molar-refractivity contribution in [1.29, 1.82) is 0 Å². The molecule has 0 spiro atoms. The van der Waals surface area contributed by atoms with E-state index in [0.29, 0.717) is 24.5 Å². The third kappa shape index (κ3) is 4.03. The van der Waals surface area contributed by atoms with E-state index in [0.717, 1.165) is 53.4 Å². The average Bonchev–Trinajstić information content (AvgIpc) is 3.26. The molecule has 1 N–H and O–H groups in total. The van der Waals surface area contributed by atoms with Crippen LogP contribution < -0.4 is 9.47 Å². The van der Waals surface area contributed by atoms with E-state index >= 15 is 0 Å². The van der Waals surface area contributed by atoms with Crippen LogP contribution in [0, 0.1) is 0 Å². The number of unbranched alkanes of at least 4 members (excludes halogenated alkanes) is 3. The monoisotopic (exact) mass is 475 g/mol. The number of piperazine rings is 1. The molecular formula is C28H33N3O4. The van der Waals surface area contributed by atoms with E-state index in [2.05, 4.69) is 18.0 Å². The molecule has 2 aliphatic rings. The van der Waals surface area contributed by atoms with Gasteiger partial charge in [0, 0.05) is 29.6 Å². The van der Waals surface area contributed by atoms with Gasteiger partial charge in [-0.1, -0.05) is 50.5 Å². The lowest BCUT2D eigenvalue weighted by Gasteiger charge is -2.47. The van der Waals surface area contributed by atoms with Gasteiger partial charge in [0.15, 0.2) is 11.5 Å². The van der Waals surface area contributed by atoms with Crippen LogP contribution in [0.3, 0.4) is 0 Å². The van der Waals surface area contributed by atoms with Crippen LogP contribution in [0.5, 0.6) is 11.5 Å². The molecule has 2 atom stereocenters. The van der Waals surface area contributed by atoms with Gasteiger partial charge >= 0.3 is 0 Å². The lowest BCUT2D eigenvalue weighted by atomic mass is 9.86. The highest BCUT2D eigenvalue weighted by molar-refractivity contribution is 5.97. The molecule has 7 heteroatoms. The molecule has 1 unspecified atom stereocenters. The van der Waals surface area contributed by atoms with Crippen molar-refractivity contribution in [2.24, 2.45) is 0 Å². The first-order chi connectivity index (χ1) is 17.1. The standard InChI is InChI=1S/C28H33N3O4/c1-4-5-6-9-14-30-17-25(32)31-22(28(30)33)16-20-19-10-7-8-11-21(19)29-26(20)27(31)18-12-13-23(34-2)24(15-18)35-3/h7-8,10-13,15,22,27,29H,4-6,9,14,16-17H2,1-3H3/t22-,27?/m0/s1. The van der Waals surface area contributed by atoms with Gasteiger partial charge in [-0.2, -0.15) is 0 Å². The highest BCUT2D eigenvalue weighted by atomic mass is 16.5. The molecule has 2 aromatic carbocycles. The van der Waals surface area contributed by atoms with Gasteiger partial charge in [-0.3, -0.25) is 9.59 Å². The van der Waals surface area contributed by atoms with Gasteiger partial charge in [-0.05, 0) is 35.7 Å². The Morgan fingerprint density at radius 3 is 2.57 bits per heavy atom. The average molecular weight is 476 g/mol. The molecule has 1 saturated heterocycles. The number of ether oxygens (including phenoxy) is 2. The third-order valence-electron chi connectivity index (χ3n) is 7.35. The number of aromatic amines is 1. The van der Waals surface area contributed by atoms with Gasteiger partial charge in [0.2, 0.25) is 11.8 Å². The maximum Gasteiger partial charge on any atom is 0.246 e. The number of aromatic nitrogens is 1. The number of nitrogens with one attached hydrogen (secondary N) is 1. The second-order valence-corrected chi connectivity index (χ2v) is 9.42. The number of H-pyrrole nitrogens is 1. The molecule has 2 amide bonds. The van der Waals surface area contributed by atoms with Gasteiger partial charge < -0.3 is 24.3 Å². The summed E-state index contributed by atoms with van der Waals surface area (Å²) in [5, 5.41) is 1.10. The summed E-state index contributed by atoms with van der Waals surface area (Å²) in [7, 11) is 3.21. The van der Waals surface area contributed by atoms with Crippen molar-refractivity contribution in [3.63, 3.8) is 0 Å². The van der Waals surface area contributed by atoms with E-state index in [4.69, 9.17) is 9.47 Å². The minimum atomic E-state index is -0.521. The van der Waals surface area contributed by atoms with E-state index in [9.17, 15) is 9.59 Å². The summed E-state index contributed by atoms with van der Waals surface area (Å²) in [5.74, 6) is 1.24. The fourth-order valence-electron chi connectivity index (χ4n) is 5.61. The zero-order chi connectivity index (χ0) is 24.5. The SMILES string of the molecule is CCCCCCN1CC(=O)N2C(c3ccc(OC)c(OC)c3)c3[nH]c4ccccc4c3C[C@H]2C1=O. The number of carbonyl (C=O) groups excluding carboxylic acids is 2. The molecule has 1 fully saturated rings. The second kappa shape index (κ2) is 9.64. The molecule has 184 valence electrons. The number of amides is 2. The molecule has 0 saturated carbocycles. The van der Waals surface area contributed by atoms with Crippen LogP contribution in [-0.4, -0.2) is 59.9 Å². The predicted molar refractivity (Wildman–Crippen MR) is 135 cm³/mol. The van der Waals surface area contributed by atoms with Crippen LogP contribution in [0.15, 0.2) is 42.5 Å². The maximum atomic E-state index is 13.7. The topological polar surface area (TPSA) is 74.9 Å². The number of nitrogens with zero attached hydrogens (tertiary/aromatic N) is 2. The Kier molecular flexibility index (Phi) is 6.41. The van der Waals surface area contributed by atoms with Crippen LogP contribution in [0.25, 0.3) is 10.9 Å². The third-order valence-corrected chi connectivity index (χ3v) is 7.35. The van der Waals surface area contributed by atoms with Gasteiger partial charge in [-0.25, -0.2) is 0 Å². The highest BCUT2D eigenvalue weighted by Crippen LogP contribution is 2.44. The van der Waals surface area contributed by atoms with Crippen LogP contribution in [0.4, 0.5) is 0 Å².